The van der Waals surface area contributed by atoms with E-state index in [2.05, 4.69) is 268 Å². The summed E-state index contributed by atoms with van der Waals surface area (Å²) in [5, 5.41) is 0. The van der Waals surface area contributed by atoms with E-state index in [1.54, 1.807) is 0 Å². The van der Waals surface area contributed by atoms with E-state index in [1.807, 2.05) is 0 Å². The fourth-order valence-electron chi connectivity index (χ4n) is 13.0. The summed E-state index contributed by atoms with van der Waals surface area (Å²) >= 11 is 0. The van der Waals surface area contributed by atoms with Gasteiger partial charge in [0.25, 0.3) is 0 Å². The number of para-hydroxylation sites is 5. The van der Waals surface area contributed by atoms with E-state index < -0.39 is 5.41 Å². The molecule has 334 valence electrons. The average Bonchev–Trinajstić information content (AvgIpc) is 3.83. The number of hydrogen-bond acceptors (Lipinski definition) is 3. The lowest BCUT2D eigenvalue weighted by Crippen LogP contribution is -2.40. The van der Waals surface area contributed by atoms with Crippen LogP contribution in [-0.4, -0.2) is 0 Å². The van der Waals surface area contributed by atoms with Crippen LogP contribution in [0.1, 0.15) is 72.2 Å². The highest BCUT2D eigenvalue weighted by molar-refractivity contribution is 6.01. The van der Waals surface area contributed by atoms with Crippen LogP contribution in [0.3, 0.4) is 0 Å². The normalized spacial score (nSPS) is 16.7. The van der Waals surface area contributed by atoms with Gasteiger partial charge >= 0.3 is 0 Å². The first kappa shape index (κ1) is 40.6. The number of nitrogens with zero attached hydrogens (tertiary/aromatic N) is 2. The minimum absolute atomic E-state index is 0.170. The summed E-state index contributed by atoms with van der Waals surface area (Å²) in [6.45, 7) is 9.59. The van der Waals surface area contributed by atoms with Gasteiger partial charge in [0.2, 0.25) is 0 Å². The van der Waals surface area contributed by atoms with Gasteiger partial charge in [0, 0.05) is 33.3 Å². The molecule has 1 heterocycles. The van der Waals surface area contributed by atoms with E-state index in [-0.39, 0.29) is 10.8 Å². The Labute approximate surface area is 410 Å². The van der Waals surface area contributed by atoms with Crippen molar-refractivity contribution < 1.29 is 4.74 Å². The summed E-state index contributed by atoms with van der Waals surface area (Å²) in [6, 6.07) is 85.6. The van der Waals surface area contributed by atoms with Crippen LogP contribution >= 0.6 is 0 Å². The molecular weight excluding hydrogens is 849 g/mol. The summed E-state index contributed by atoms with van der Waals surface area (Å²) in [6.07, 6.45) is 0. The summed E-state index contributed by atoms with van der Waals surface area (Å²) in [7, 11) is 0. The number of anilines is 6. The van der Waals surface area contributed by atoms with Crippen molar-refractivity contribution in [2.24, 2.45) is 0 Å². The van der Waals surface area contributed by atoms with Crippen molar-refractivity contribution in [3.05, 3.63) is 275 Å². The molecule has 14 rings (SSSR count). The molecule has 0 amide bonds. The molecule has 0 fully saturated rings. The summed E-state index contributed by atoms with van der Waals surface area (Å²) in [4.78, 5) is 4.96. The van der Waals surface area contributed by atoms with E-state index in [0.29, 0.717) is 0 Å². The summed E-state index contributed by atoms with van der Waals surface area (Å²) < 4.78 is 6.59. The Bertz CT molecular complexity index is 3740. The first-order valence-electron chi connectivity index (χ1n) is 24.6. The Morgan fingerprint density at radius 1 is 0.343 bits per heavy atom. The third-order valence-electron chi connectivity index (χ3n) is 16.1. The maximum atomic E-state index is 6.59. The molecule has 0 saturated heterocycles. The topological polar surface area (TPSA) is 15.7 Å². The molecule has 4 aliphatic rings. The van der Waals surface area contributed by atoms with Crippen LogP contribution in [0.4, 0.5) is 34.1 Å². The first-order valence-corrected chi connectivity index (χ1v) is 24.6. The Hall–Kier alpha value is -8.40. The second-order valence-corrected chi connectivity index (χ2v) is 20.4. The maximum Gasteiger partial charge on any atom is 0.151 e. The Morgan fingerprint density at radius 3 is 1.59 bits per heavy atom. The molecule has 0 aromatic heterocycles. The highest BCUT2D eigenvalue weighted by Crippen LogP contribution is 2.66. The van der Waals surface area contributed by atoms with Gasteiger partial charge in [0.05, 0.1) is 28.2 Å². The fourth-order valence-corrected chi connectivity index (χ4v) is 13.0. The van der Waals surface area contributed by atoms with E-state index in [0.717, 1.165) is 45.6 Å². The van der Waals surface area contributed by atoms with Crippen LogP contribution < -0.4 is 14.5 Å². The first-order chi connectivity index (χ1) is 34.3. The van der Waals surface area contributed by atoms with Crippen molar-refractivity contribution in [1.29, 1.82) is 0 Å². The Balaban J connectivity index is 1.06. The number of fused-ring (bicyclic) bond motifs is 14. The van der Waals surface area contributed by atoms with Gasteiger partial charge < -0.3 is 14.5 Å². The predicted molar refractivity (Wildman–Crippen MR) is 288 cm³/mol. The number of rotatable bonds is 5. The minimum atomic E-state index is -0.656. The zero-order chi connectivity index (χ0) is 46.9. The van der Waals surface area contributed by atoms with Gasteiger partial charge in [-0.05, 0) is 127 Å². The van der Waals surface area contributed by atoms with Crippen LogP contribution in [-0.2, 0) is 16.2 Å². The van der Waals surface area contributed by atoms with Crippen LogP contribution in [0.2, 0.25) is 0 Å². The molecule has 3 heteroatoms. The third kappa shape index (κ3) is 5.46. The fraction of sp³-hybridized carbons (Fsp3) is 0.104. The van der Waals surface area contributed by atoms with Crippen molar-refractivity contribution in [3.63, 3.8) is 0 Å². The van der Waals surface area contributed by atoms with E-state index in [4.69, 9.17) is 4.74 Å². The lowest BCUT2D eigenvalue weighted by molar-refractivity contribution is 0.477. The van der Waals surface area contributed by atoms with Crippen molar-refractivity contribution in [1.82, 2.24) is 0 Å². The molecule has 10 aromatic carbocycles. The summed E-state index contributed by atoms with van der Waals surface area (Å²) in [5.74, 6) is 1.68. The Kier molecular flexibility index (Phi) is 8.59. The molecule has 1 spiro atoms. The van der Waals surface area contributed by atoms with Crippen LogP contribution in [0.25, 0.3) is 33.4 Å². The van der Waals surface area contributed by atoms with Crippen molar-refractivity contribution in [3.8, 4) is 44.9 Å². The highest BCUT2D eigenvalue weighted by Gasteiger charge is 2.54. The van der Waals surface area contributed by atoms with Crippen LogP contribution in [0.5, 0.6) is 11.5 Å². The van der Waals surface area contributed by atoms with Gasteiger partial charge in [-0.1, -0.05) is 198 Å². The largest absolute Gasteiger partial charge is 0.453 e. The smallest absolute Gasteiger partial charge is 0.151 e. The Morgan fingerprint density at radius 2 is 0.843 bits per heavy atom. The SMILES string of the molecule is CC1(C)c2ccccc2-c2ccc(N(c3ccc4c(c3)C3(c5ccccc5-c5c(N6c7ccccc7Oc7ccccc76)cccc53)c3ccccc3C4(C)C)c3ccccc3-c3ccccc3)cc21. The van der Waals surface area contributed by atoms with Crippen molar-refractivity contribution >= 4 is 34.1 Å². The van der Waals surface area contributed by atoms with Crippen LogP contribution in [0, 0.1) is 0 Å². The van der Waals surface area contributed by atoms with Gasteiger partial charge in [-0.15, -0.1) is 0 Å². The zero-order valence-electron chi connectivity index (χ0n) is 39.7. The lowest BCUT2D eigenvalue weighted by Gasteiger charge is -2.47. The monoisotopic (exact) mass is 898 g/mol. The second kappa shape index (κ2) is 14.8. The molecule has 1 unspecified atom stereocenters. The maximum absolute atomic E-state index is 6.59. The molecule has 70 heavy (non-hydrogen) atoms. The molecule has 1 aliphatic heterocycles. The molecule has 1 atom stereocenters. The quantitative estimate of drug-likeness (QED) is 0.171. The highest BCUT2D eigenvalue weighted by atomic mass is 16.5. The number of benzene rings is 10. The van der Waals surface area contributed by atoms with Crippen LogP contribution in [0.15, 0.2) is 231 Å². The zero-order valence-corrected chi connectivity index (χ0v) is 39.7. The lowest BCUT2D eigenvalue weighted by atomic mass is 9.55. The predicted octanol–water partition coefficient (Wildman–Crippen LogP) is 17.7. The third-order valence-corrected chi connectivity index (χ3v) is 16.1. The molecular formula is C67H50N2O. The van der Waals surface area contributed by atoms with E-state index in [1.165, 1.54) is 77.9 Å². The molecule has 0 saturated carbocycles. The number of ether oxygens (including phenoxy) is 1. The van der Waals surface area contributed by atoms with Crippen molar-refractivity contribution in [2.75, 3.05) is 9.80 Å². The van der Waals surface area contributed by atoms with Gasteiger partial charge in [-0.2, -0.15) is 0 Å². The molecule has 3 nitrogen and oxygen atoms in total. The van der Waals surface area contributed by atoms with Gasteiger partial charge in [0.15, 0.2) is 11.5 Å². The molecule has 0 N–H and O–H groups in total. The number of hydrogen-bond donors (Lipinski definition) is 0. The molecule has 0 bridgehead atoms. The van der Waals surface area contributed by atoms with E-state index in [9.17, 15) is 0 Å². The molecule has 0 radical (unpaired) electrons. The van der Waals surface area contributed by atoms with E-state index >= 15 is 0 Å². The van der Waals surface area contributed by atoms with Gasteiger partial charge in [-0.25, -0.2) is 0 Å². The standard InChI is InChI=1S/C67H50N2O/c1-65(2)50-26-11-8-24-47(50)48-39-37-44(41-56(48)65)68(58-31-15-10-23-46(58)43-21-6-5-7-22-43)45-38-40-53-57(42-45)67(54-29-14-13-28-52(54)66(53,3)4)51-27-12-9-25-49(51)64-55(67)30-20-34-61(64)69-59-32-16-18-35-62(59)70-63-36-19-17-33-60(63)69/h5-42H,1-4H3. The summed E-state index contributed by atoms with van der Waals surface area (Å²) in [5.41, 5.74) is 23.5. The van der Waals surface area contributed by atoms with Gasteiger partial charge in [0.1, 0.15) is 0 Å². The molecule has 3 aliphatic carbocycles. The molecule has 10 aromatic rings. The van der Waals surface area contributed by atoms with Gasteiger partial charge in [-0.3, -0.25) is 0 Å². The van der Waals surface area contributed by atoms with Crippen molar-refractivity contribution in [2.45, 2.75) is 43.9 Å². The average molecular weight is 899 g/mol. The minimum Gasteiger partial charge on any atom is -0.453 e. The second-order valence-electron chi connectivity index (χ2n) is 20.4.